The van der Waals surface area contributed by atoms with Gasteiger partial charge in [-0.05, 0) is 37.2 Å². The van der Waals surface area contributed by atoms with Gasteiger partial charge in [-0.3, -0.25) is 0 Å². The van der Waals surface area contributed by atoms with Gasteiger partial charge < -0.3 is 10.6 Å². The van der Waals surface area contributed by atoms with Crippen molar-refractivity contribution < 1.29 is 0 Å². The molecule has 0 spiro atoms. The fourth-order valence-electron chi connectivity index (χ4n) is 2.78. The van der Waals surface area contributed by atoms with E-state index in [9.17, 15) is 0 Å². The molecule has 0 amide bonds. The Morgan fingerprint density at radius 3 is 2.94 bits per heavy atom. The van der Waals surface area contributed by atoms with Gasteiger partial charge in [0.25, 0.3) is 0 Å². The van der Waals surface area contributed by atoms with Crippen molar-refractivity contribution in [2.45, 2.75) is 39.7 Å². The van der Waals surface area contributed by atoms with Crippen molar-refractivity contribution in [3.8, 4) is 0 Å². The Labute approximate surface area is 110 Å². The fraction of sp³-hybridized carbons (Fsp3) is 0.714. The molecule has 1 atom stereocenters. The largest absolute Gasteiger partial charge is 0.355 e. The molecule has 2 heterocycles. The Balaban J connectivity index is 2.10. The average Bonchev–Trinajstić information content (AvgIpc) is 2.64. The molecule has 0 radical (unpaired) electrons. The highest BCUT2D eigenvalue weighted by atomic mass is 15.3. The number of rotatable bonds is 3. The number of nitrogens with two attached hydrogens (primary N) is 1. The maximum absolute atomic E-state index is 5.78. The van der Waals surface area contributed by atoms with Crippen molar-refractivity contribution in [3.05, 3.63) is 17.8 Å². The van der Waals surface area contributed by atoms with Crippen molar-refractivity contribution in [2.24, 2.45) is 17.6 Å². The molecule has 2 N–H and O–H groups in total. The lowest BCUT2D eigenvalue weighted by molar-refractivity contribution is 0.351. The summed E-state index contributed by atoms with van der Waals surface area (Å²) in [4.78, 5) is 2.36. The van der Waals surface area contributed by atoms with Crippen molar-refractivity contribution in [1.29, 1.82) is 0 Å². The summed E-state index contributed by atoms with van der Waals surface area (Å²) in [5, 5.41) is 8.29. The van der Waals surface area contributed by atoms with Crippen molar-refractivity contribution in [2.75, 3.05) is 18.0 Å². The van der Waals surface area contributed by atoms with Crippen LogP contribution in [0.1, 0.15) is 38.7 Å². The average molecular weight is 248 g/mol. The molecule has 18 heavy (non-hydrogen) atoms. The molecule has 1 aromatic heterocycles. The quantitative estimate of drug-likeness (QED) is 0.891. The first-order valence-electron chi connectivity index (χ1n) is 6.98. The van der Waals surface area contributed by atoms with E-state index in [1.807, 2.05) is 6.07 Å². The van der Waals surface area contributed by atoms with Crippen LogP contribution in [0, 0.1) is 11.8 Å². The molecule has 1 unspecified atom stereocenters. The zero-order valence-electron chi connectivity index (χ0n) is 11.5. The van der Waals surface area contributed by atoms with E-state index >= 15 is 0 Å². The van der Waals surface area contributed by atoms with Crippen LogP contribution >= 0.6 is 0 Å². The van der Waals surface area contributed by atoms with Gasteiger partial charge in [0.1, 0.15) is 0 Å². The van der Waals surface area contributed by atoms with E-state index in [1.165, 1.54) is 19.3 Å². The minimum absolute atomic E-state index is 0.537. The normalized spacial score (nSPS) is 21.1. The third-order valence-corrected chi connectivity index (χ3v) is 4.02. The van der Waals surface area contributed by atoms with Gasteiger partial charge >= 0.3 is 0 Å². The summed E-state index contributed by atoms with van der Waals surface area (Å²) in [5.41, 5.74) is 6.88. The van der Waals surface area contributed by atoms with Crippen LogP contribution in [-0.4, -0.2) is 23.3 Å². The van der Waals surface area contributed by atoms with Crippen LogP contribution < -0.4 is 10.6 Å². The zero-order valence-corrected chi connectivity index (χ0v) is 11.5. The monoisotopic (exact) mass is 248 g/mol. The maximum atomic E-state index is 5.78. The van der Waals surface area contributed by atoms with E-state index in [0.29, 0.717) is 6.54 Å². The third kappa shape index (κ3) is 2.99. The second-order valence-electron chi connectivity index (χ2n) is 5.51. The molecule has 1 saturated heterocycles. The number of nitrogens with zero attached hydrogens (tertiary/aromatic N) is 3. The molecule has 0 aromatic carbocycles. The highest BCUT2D eigenvalue weighted by Crippen LogP contribution is 2.27. The summed E-state index contributed by atoms with van der Waals surface area (Å²) in [6.07, 6.45) is 5.54. The van der Waals surface area contributed by atoms with Gasteiger partial charge in [-0.1, -0.05) is 13.8 Å². The van der Waals surface area contributed by atoms with Gasteiger partial charge in [-0.15, -0.1) is 5.10 Å². The van der Waals surface area contributed by atoms with E-state index in [0.717, 1.165) is 36.3 Å². The second kappa shape index (κ2) is 6.14. The van der Waals surface area contributed by atoms with Gasteiger partial charge in [-0.2, -0.15) is 5.10 Å². The molecule has 1 aliphatic heterocycles. The maximum Gasteiger partial charge on any atom is 0.155 e. The van der Waals surface area contributed by atoms with Gasteiger partial charge in [0.2, 0.25) is 0 Å². The molecule has 2 rings (SSSR count). The smallest absolute Gasteiger partial charge is 0.155 e. The van der Waals surface area contributed by atoms with Crippen LogP contribution in [-0.2, 0) is 6.54 Å². The van der Waals surface area contributed by atoms with Crippen LogP contribution in [0.25, 0.3) is 0 Å². The van der Waals surface area contributed by atoms with E-state index in [2.05, 4.69) is 28.9 Å². The SMILES string of the molecule is CC(C)C1CCCN(c2nnccc2CN)CC1. The molecular weight excluding hydrogens is 224 g/mol. The lowest BCUT2D eigenvalue weighted by atomic mass is 9.89. The lowest BCUT2D eigenvalue weighted by Gasteiger charge is -2.23. The predicted octanol–water partition coefficient (Wildman–Crippen LogP) is 2.20. The molecule has 1 aromatic rings. The highest BCUT2D eigenvalue weighted by Gasteiger charge is 2.21. The fourth-order valence-corrected chi connectivity index (χ4v) is 2.78. The van der Waals surface area contributed by atoms with E-state index in [1.54, 1.807) is 6.20 Å². The van der Waals surface area contributed by atoms with Crippen molar-refractivity contribution in [1.82, 2.24) is 10.2 Å². The molecule has 4 heteroatoms. The van der Waals surface area contributed by atoms with Gasteiger partial charge in [0.15, 0.2) is 5.82 Å². The molecule has 0 bridgehead atoms. The van der Waals surface area contributed by atoms with Crippen LogP contribution in [0.15, 0.2) is 12.3 Å². The van der Waals surface area contributed by atoms with E-state index in [4.69, 9.17) is 5.73 Å². The van der Waals surface area contributed by atoms with Crippen LogP contribution in [0.3, 0.4) is 0 Å². The topological polar surface area (TPSA) is 55.0 Å². The first kappa shape index (κ1) is 13.3. The van der Waals surface area contributed by atoms with Gasteiger partial charge in [0.05, 0.1) is 6.20 Å². The molecule has 1 aliphatic rings. The summed E-state index contributed by atoms with van der Waals surface area (Å²) in [6, 6.07) is 1.98. The van der Waals surface area contributed by atoms with Crippen LogP contribution in [0.2, 0.25) is 0 Å². The minimum atomic E-state index is 0.537. The Hall–Kier alpha value is -1.16. The number of aromatic nitrogens is 2. The van der Waals surface area contributed by atoms with E-state index in [-0.39, 0.29) is 0 Å². The van der Waals surface area contributed by atoms with Gasteiger partial charge in [-0.25, -0.2) is 0 Å². The summed E-state index contributed by atoms with van der Waals surface area (Å²) in [6.45, 7) is 7.35. The Bertz CT molecular complexity index is 378. The van der Waals surface area contributed by atoms with Crippen molar-refractivity contribution >= 4 is 5.82 Å². The Morgan fingerprint density at radius 2 is 2.22 bits per heavy atom. The lowest BCUT2D eigenvalue weighted by Crippen LogP contribution is -2.27. The Kier molecular flexibility index (Phi) is 4.53. The minimum Gasteiger partial charge on any atom is -0.355 e. The summed E-state index contributed by atoms with van der Waals surface area (Å²) < 4.78 is 0. The number of anilines is 1. The molecule has 0 aliphatic carbocycles. The van der Waals surface area contributed by atoms with Gasteiger partial charge in [0, 0.05) is 25.2 Å². The van der Waals surface area contributed by atoms with Crippen LogP contribution in [0.5, 0.6) is 0 Å². The zero-order chi connectivity index (χ0) is 13.0. The van der Waals surface area contributed by atoms with Crippen LogP contribution in [0.4, 0.5) is 5.82 Å². The Morgan fingerprint density at radius 1 is 1.39 bits per heavy atom. The molecule has 4 nitrogen and oxygen atoms in total. The number of hydrogen-bond acceptors (Lipinski definition) is 4. The standard InChI is InChI=1S/C14H24N4/c1-11(2)12-4-3-8-18(9-6-12)14-13(10-15)5-7-16-17-14/h5,7,11-12H,3-4,6,8-10,15H2,1-2H3. The summed E-state index contributed by atoms with van der Waals surface area (Å²) in [7, 11) is 0. The second-order valence-corrected chi connectivity index (χ2v) is 5.51. The predicted molar refractivity (Wildman–Crippen MR) is 74.3 cm³/mol. The molecule has 0 saturated carbocycles. The first-order valence-corrected chi connectivity index (χ1v) is 6.98. The first-order chi connectivity index (χ1) is 8.72. The summed E-state index contributed by atoms with van der Waals surface area (Å²) in [5.74, 6) is 2.61. The molecule has 100 valence electrons. The third-order valence-electron chi connectivity index (χ3n) is 4.02. The summed E-state index contributed by atoms with van der Waals surface area (Å²) >= 11 is 0. The van der Waals surface area contributed by atoms with Crippen molar-refractivity contribution in [3.63, 3.8) is 0 Å². The number of hydrogen-bond donors (Lipinski definition) is 1. The van der Waals surface area contributed by atoms with E-state index < -0.39 is 0 Å². The highest BCUT2D eigenvalue weighted by molar-refractivity contribution is 5.45. The molecular formula is C14H24N4. The molecule has 1 fully saturated rings.